The summed E-state index contributed by atoms with van der Waals surface area (Å²) in [6, 6.07) is 0. The van der Waals surface area contributed by atoms with E-state index in [1.807, 2.05) is 0 Å². The first-order chi connectivity index (χ1) is 59.5. The molecular formula is C105H196O16. The molecule has 0 spiro atoms. The minimum Gasteiger partial charge on any atom is -0.463 e. The maximum Gasteiger partial charge on any atom is 0.306 e. The van der Waals surface area contributed by atoms with Crippen molar-refractivity contribution >= 4 is 35.8 Å². The molecule has 4 atom stereocenters. The highest BCUT2D eigenvalue weighted by atomic mass is 16.7. The SMILES string of the molecule is CCCCCC/C=C/CCCCCCCC(=O)OC(CCCCCCC)CCCCCCCC(=O)OC(CCCCCCC)CCCCCCCC(=O)OCCOCCOCOCCOCCOC(=O)CCCCCCCC(CCCCCCC)OC(=O)CCCCCCCC(CCCCCCC)OC(=O)CCCCCCC/C=C/CCCCCC. The van der Waals surface area contributed by atoms with Gasteiger partial charge in [-0.15, -0.1) is 0 Å². The Hall–Kier alpha value is -3.86. The first-order valence-electron chi connectivity index (χ1n) is 52.2. The van der Waals surface area contributed by atoms with Gasteiger partial charge in [-0.25, -0.2) is 0 Å². The number of carbonyl (C=O) groups is 6. The number of hydrogen-bond acceptors (Lipinski definition) is 16. The third-order valence-corrected chi connectivity index (χ3v) is 23.5. The summed E-state index contributed by atoms with van der Waals surface area (Å²) >= 11 is 0. The lowest BCUT2D eigenvalue weighted by Crippen LogP contribution is -2.18. The number of allylic oxidation sites excluding steroid dienone is 4. The first-order valence-corrected chi connectivity index (χ1v) is 52.2. The van der Waals surface area contributed by atoms with Crippen LogP contribution in [0.5, 0.6) is 0 Å². The van der Waals surface area contributed by atoms with E-state index in [4.69, 9.17) is 47.4 Å². The van der Waals surface area contributed by atoms with Crippen molar-refractivity contribution in [2.75, 3.05) is 59.6 Å². The van der Waals surface area contributed by atoms with Gasteiger partial charge in [0.25, 0.3) is 0 Å². The van der Waals surface area contributed by atoms with Gasteiger partial charge in [0.15, 0.2) is 0 Å². The highest BCUT2D eigenvalue weighted by molar-refractivity contribution is 5.71. The summed E-state index contributed by atoms with van der Waals surface area (Å²) in [5.41, 5.74) is 0. The van der Waals surface area contributed by atoms with Crippen molar-refractivity contribution in [2.24, 2.45) is 0 Å². The van der Waals surface area contributed by atoms with Crippen LogP contribution >= 0.6 is 0 Å². The van der Waals surface area contributed by atoms with Crippen molar-refractivity contribution in [3.8, 4) is 0 Å². The van der Waals surface area contributed by atoms with Gasteiger partial charge in [0.2, 0.25) is 0 Å². The molecule has 0 radical (unpaired) electrons. The zero-order valence-electron chi connectivity index (χ0n) is 80.3. The fourth-order valence-electron chi connectivity index (χ4n) is 15.8. The summed E-state index contributed by atoms with van der Waals surface area (Å²) in [4.78, 5) is 76.9. The van der Waals surface area contributed by atoms with Gasteiger partial charge in [0, 0.05) is 38.5 Å². The molecule has 0 aliphatic rings. The Kier molecular flexibility index (Phi) is 95.2. The third kappa shape index (κ3) is 92.1. The van der Waals surface area contributed by atoms with E-state index in [0.717, 1.165) is 231 Å². The summed E-state index contributed by atoms with van der Waals surface area (Å²) in [6.45, 7) is 16.0. The molecule has 0 heterocycles. The van der Waals surface area contributed by atoms with Gasteiger partial charge in [0.05, 0.1) is 39.6 Å². The Balaban J connectivity index is 4.22. The molecule has 0 fully saturated rings. The van der Waals surface area contributed by atoms with Crippen LogP contribution in [0.4, 0.5) is 0 Å². The van der Waals surface area contributed by atoms with Crippen LogP contribution in [0.15, 0.2) is 24.3 Å². The standard InChI is InChI=1S/C105H196O16/c1-7-13-19-25-27-29-31-33-35-37-39-53-69-83-102(108)118-98(75-61-47-23-17-11-5)79-65-51-43-57-71-85-104(110)120-96(73-59-45-21-15-9-3)77-63-49-41-55-67-81-100(106)116-93-91-112-87-89-114-95-115-90-88-113-92-94-117-101(107)82-68-56-42-50-64-78-97(74-60-46-22-16-10-4)121-105(111)86-72-58-44-52-66-80-99(76-62-48-24-18-12-6)119-103(109)84-70-54-40-38-36-34-32-30-28-26-20-14-8-2/h29-32,96-99H,7-28,33-95H2,1-6H3/b31-29+,32-30+. The third-order valence-electron chi connectivity index (χ3n) is 23.5. The Bertz CT molecular complexity index is 2100. The van der Waals surface area contributed by atoms with E-state index in [0.29, 0.717) is 78.2 Å². The summed E-state index contributed by atoms with van der Waals surface area (Å²) < 4.78 is 57.4. The van der Waals surface area contributed by atoms with Gasteiger partial charge in [0.1, 0.15) is 44.4 Å². The van der Waals surface area contributed by atoms with E-state index in [9.17, 15) is 28.8 Å². The topological polar surface area (TPSA) is 195 Å². The smallest absolute Gasteiger partial charge is 0.306 e. The van der Waals surface area contributed by atoms with Gasteiger partial charge in [-0.05, 0) is 193 Å². The Morgan fingerprint density at radius 2 is 0.347 bits per heavy atom. The molecule has 0 saturated carbocycles. The number of rotatable bonds is 100. The number of carbonyl (C=O) groups excluding carboxylic acids is 6. The number of ether oxygens (including phenoxy) is 10. The van der Waals surface area contributed by atoms with Gasteiger partial charge >= 0.3 is 35.8 Å². The number of esters is 6. The van der Waals surface area contributed by atoms with Crippen molar-refractivity contribution in [1.82, 2.24) is 0 Å². The highest BCUT2D eigenvalue weighted by Gasteiger charge is 2.20. The van der Waals surface area contributed by atoms with Crippen LogP contribution in [0.3, 0.4) is 0 Å². The molecule has 16 heteroatoms. The molecule has 121 heavy (non-hydrogen) atoms. The van der Waals surface area contributed by atoms with Crippen molar-refractivity contribution in [3.63, 3.8) is 0 Å². The predicted octanol–water partition coefficient (Wildman–Crippen LogP) is 30.6. The van der Waals surface area contributed by atoms with Gasteiger partial charge in [-0.2, -0.15) is 0 Å². The largest absolute Gasteiger partial charge is 0.463 e. The van der Waals surface area contributed by atoms with Gasteiger partial charge < -0.3 is 47.4 Å². The summed E-state index contributed by atoms with van der Waals surface area (Å²) in [5, 5.41) is 0. The molecule has 0 aromatic rings. The summed E-state index contributed by atoms with van der Waals surface area (Å²) in [5.74, 6) is -0.578. The molecule has 0 aliphatic heterocycles. The minimum atomic E-state index is -0.208. The van der Waals surface area contributed by atoms with Crippen LogP contribution in [-0.4, -0.2) is 120 Å². The monoisotopic (exact) mass is 1710 g/mol. The molecule has 0 aromatic carbocycles. The zero-order valence-corrected chi connectivity index (χ0v) is 80.3. The molecule has 0 saturated heterocycles. The van der Waals surface area contributed by atoms with Crippen molar-refractivity contribution < 1.29 is 76.1 Å². The Morgan fingerprint density at radius 1 is 0.182 bits per heavy atom. The second kappa shape index (κ2) is 98.3. The van der Waals surface area contributed by atoms with Crippen LogP contribution in [0, 0.1) is 0 Å². The second-order valence-corrected chi connectivity index (χ2v) is 35.3. The molecule has 0 N–H and O–H groups in total. The van der Waals surface area contributed by atoms with Crippen LogP contribution in [0.1, 0.15) is 530 Å². The predicted molar refractivity (Wildman–Crippen MR) is 503 cm³/mol. The zero-order chi connectivity index (χ0) is 87.8. The van der Waals surface area contributed by atoms with Gasteiger partial charge in [-0.3, -0.25) is 28.8 Å². The molecule has 0 aliphatic carbocycles. The first kappa shape index (κ1) is 117. The van der Waals surface area contributed by atoms with E-state index < -0.39 is 0 Å². The average molecular weight is 1710 g/mol. The molecule has 0 rings (SSSR count). The van der Waals surface area contributed by atoms with E-state index in [2.05, 4.69) is 65.8 Å². The second-order valence-electron chi connectivity index (χ2n) is 35.3. The van der Waals surface area contributed by atoms with Crippen LogP contribution < -0.4 is 0 Å². The molecule has 0 bridgehead atoms. The fraction of sp³-hybridized carbons (Fsp3) is 0.905. The van der Waals surface area contributed by atoms with Crippen molar-refractivity contribution in [3.05, 3.63) is 24.3 Å². The molecule has 0 amide bonds. The van der Waals surface area contributed by atoms with Crippen molar-refractivity contribution in [1.29, 1.82) is 0 Å². The lowest BCUT2D eigenvalue weighted by Gasteiger charge is -2.19. The number of hydrogen-bond donors (Lipinski definition) is 0. The van der Waals surface area contributed by atoms with E-state index >= 15 is 0 Å². The van der Waals surface area contributed by atoms with Crippen molar-refractivity contribution in [2.45, 2.75) is 554 Å². The highest BCUT2D eigenvalue weighted by Crippen LogP contribution is 2.25. The summed E-state index contributed by atoms with van der Waals surface area (Å²) in [6.07, 6.45) is 90.2. The maximum atomic E-state index is 13.1. The lowest BCUT2D eigenvalue weighted by atomic mass is 10.0. The minimum absolute atomic E-state index is 0.0166. The normalized spacial score (nSPS) is 12.7. The van der Waals surface area contributed by atoms with Gasteiger partial charge in [-0.1, -0.05) is 323 Å². The Labute approximate surface area is 745 Å². The average Bonchev–Trinajstić information content (AvgIpc) is 0.976. The molecular weight excluding hydrogens is 1520 g/mol. The number of unbranched alkanes of at least 4 members (excludes halogenated alkanes) is 50. The van der Waals surface area contributed by atoms with Crippen LogP contribution in [0.2, 0.25) is 0 Å². The summed E-state index contributed by atoms with van der Waals surface area (Å²) in [7, 11) is 0. The quantitative estimate of drug-likeness (QED) is 0.0183. The molecule has 16 nitrogen and oxygen atoms in total. The molecule has 712 valence electrons. The molecule has 0 aromatic heterocycles. The van der Waals surface area contributed by atoms with E-state index in [1.165, 1.54) is 218 Å². The molecule has 4 unspecified atom stereocenters. The maximum absolute atomic E-state index is 13.1. The van der Waals surface area contributed by atoms with Crippen LogP contribution in [0.25, 0.3) is 0 Å². The Morgan fingerprint density at radius 3 is 0.570 bits per heavy atom. The van der Waals surface area contributed by atoms with Crippen LogP contribution in [-0.2, 0) is 76.1 Å². The van der Waals surface area contributed by atoms with E-state index in [1.54, 1.807) is 0 Å². The fourth-order valence-corrected chi connectivity index (χ4v) is 15.8. The van der Waals surface area contributed by atoms with E-state index in [-0.39, 0.29) is 80.2 Å². The lowest BCUT2D eigenvalue weighted by molar-refractivity contribution is -0.151.